The van der Waals surface area contributed by atoms with Gasteiger partial charge in [0.05, 0.1) is 11.7 Å². The SMILES string of the molecule is C=CC[C@H](N[C@H](C(=O)O)C(C)C)c1cccc(Br)n1. The molecule has 1 heterocycles. The number of aliphatic carboxylic acids is 1. The van der Waals surface area contributed by atoms with E-state index < -0.39 is 12.0 Å². The normalized spacial score (nSPS) is 14.1. The van der Waals surface area contributed by atoms with Crippen LogP contribution in [0.1, 0.15) is 32.0 Å². The third kappa shape index (κ3) is 4.76. The predicted molar refractivity (Wildman–Crippen MR) is 78.9 cm³/mol. The third-order valence-electron chi connectivity index (χ3n) is 2.81. The summed E-state index contributed by atoms with van der Waals surface area (Å²) in [5.74, 6) is -0.851. The van der Waals surface area contributed by atoms with E-state index in [-0.39, 0.29) is 12.0 Å². The van der Waals surface area contributed by atoms with Crippen molar-refractivity contribution in [3.05, 3.63) is 41.2 Å². The molecule has 104 valence electrons. The van der Waals surface area contributed by atoms with Crippen molar-refractivity contribution in [3.8, 4) is 0 Å². The van der Waals surface area contributed by atoms with Gasteiger partial charge in [-0.2, -0.15) is 0 Å². The van der Waals surface area contributed by atoms with Crippen LogP contribution in [-0.4, -0.2) is 22.1 Å². The lowest BCUT2D eigenvalue weighted by atomic mass is 10.0. The molecule has 0 spiro atoms. The Bertz CT molecular complexity index is 449. The zero-order valence-electron chi connectivity index (χ0n) is 11.1. The Labute approximate surface area is 122 Å². The number of nitrogens with one attached hydrogen (secondary N) is 1. The molecule has 0 aliphatic heterocycles. The summed E-state index contributed by atoms with van der Waals surface area (Å²) in [5, 5.41) is 12.4. The summed E-state index contributed by atoms with van der Waals surface area (Å²) < 4.78 is 0.734. The van der Waals surface area contributed by atoms with Crippen molar-refractivity contribution < 1.29 is 9.90 Å². The highest BCUT2D eigenvalue weighted by atomic mass is 79.9. The fraction of sp³-hybridized carbons (Fsp3) is 0.429. The summed E-state index contributed by atoms with van der Waals surface area (Å²) in [5.41, 5.74) is 0.807. The van der Waals surface area contributed by atoms with E-state index in [9.17, 15) is 9.90 Å². The number of carbonyl (C=O) groups is 1. The minimum Gasteiger partial charge on any atom is -0.480 e. The second kappa shape index (κ2) is 7.40. The van der Waals surface area contributed by atoms with Crippen LogP contribution >= 0.6 is 15.9 Å². The molecule has 2 N–H and O–H groups in total. The molecule has 0 fully saturated rings. The average Bonchev–Trinajstić information content (AvgIpc) is 2.33. The van der Waals surface area contributed by atoms with Gasteiger partial charge in [0.1, 0.15) is 10.6 Å². The van der Waals surface area contributed by atoms with E-state index in [0.29, 0.717) is 6.42 Å². The van der Waals surface area contributed by atoms with Crippen molar-refractivity contribution >= 4 is 21.9 Å². The number of rotatable bonds is 7. The zero-order valence-corrected chi connectivity index (χ0v) is 12.7. The van der Waals surface area contributed by atoms with Crippen LogP contribution in [0.5, 0.6) is 0 Å². The first-order valence-electron chi connectivity index (χ1n) is 6.18. The van der Waals surface area contributed by atoms with Gasteiger partial charge in [-0.15, -0.1) is 6.58 Å². The highest BCUT2D eigenvalue weighted by molar-refractivity contribution is 9.10. The quantitative estimate of drug-likeness (QED) is 0.596. The summed E-state index contributed by atoms with van der Waals surface area (Å²) in [7, 11) is 0. The lowest BCUT2D eigenvalue weighted by Crippen LogP contribution is -2.43. The molecule has 0 aliphatic rings. The molecule has 5 heteroatoms. The molecule has 0 unspecified atom stereocenters. The minimum absolute atomic E-state index is 0.00281. The molecule has 19 heavy (non-hydrogen) atoms. The highest BCUT2D eigenvalue weighted by Gasteiger charge is 2.25. The van der Waals surface area contributed by atoms with E-state index in [0.717, 1.165) is 10.3 Å². The van der Waals surface area contributed by atoms with Gasteiger partial charge in [-0.1, -0.05) is 26.0 Å². The van der Waals surface area contributed by atoms with Crippen LogP contribution in [0.15, 0.2) is 35.5 Å². The minimum atomic E-state index is -0.848. The van der Waals surface area contributed by atoms with Gasteiger partial charge < -0.3 is 5.11 Å². The molecule has 1 aromatic heterocycles. The van der Waals surface area contributed by atoms with Gasteiger partial charge in [-0.3, -0.25) is 10.1 Å². The van der Waals surface area contributed by atoms with Crippen LogP contribution in [0.25, 0.3) is 0 Å². The smallest absolute Gasteiger partial charge is 0.320 e. The molecular weight excluding hydrogens is 308 g/mol. The van der Waals surface area contributed by atoms with Crippen molar-refractivity contribution in [2.45, 2.75) is 32.4 Å². The molecule has 0 saturated carbocycles. The lowest BCUT2D eigenvalue weighted by Gasteiger charge is -2.24. The number of nitrogens with zero attached hydrogens (tertiary/aromatic N) is 1. The maximum Gasteiger partial charge on any atom is 0.320 e. The molecule has 0 bridgehead atoms. The predicted octanol–water partition coefficient (Wildman–Crippen LogP) is 3.16. The molecule has 4 nitrogen and oxygen atoms in total. The Morgan fingerprint density at radius 1 is 1.58 bits per heavy atom. The molecule has 1 aromatic rings. The number of hydrogen-bond acceptors (Lipinski definition) is 3. The van der Waals surface area contributed by atoms with Crippen molar-refractivity contribution in [3.63, 3.8) is 0 Å². The van der Waals surface area contributed by atoms with Gasteiger partial charge in [0.25, 0.3) is 0 Å². The zero-order chi connectivity index (χ0) is 14.4. The van der Waals surface area contributed by atoms with E-state index in [2.05, 4.69) is 32.8 Å². The van der Waals surface area contributed by atoms with Crippen molar-refractivity contribution in [1.29, 1.82) is 0 Å². The number of pyridine rings is 1. The number of carboxylic acids is 1. The van der Waals surface area contributed by atoms with Crippen LogP contribution in [0, 0.1) is 5.92 Å². The number of hydrogen-bond donors (Lipinski definition) is 2. The Balaban J connectivity index is 2.94. The fourth-order valence-corrected chi connectivity index (χ4v) is 2.18. The van der Waals surface area contributed by atoms with Crippen molar-refractivity contribution in [2.24, 2.45) is 5.92 Å². The molecule has 0 aromatic carbocycles. The molecule has 2 atom stereocenters. The van der Waals surface area contributed by atoms with Gasteiger partial charge in [-0.05, 0) is 40.4 Å². The van der Waals surface area contributed by atoms with E-state index >= 15 is 0 Å². The topological polar surface area (TPSA) is 62.2 Å². The van der Waals surface area contributed by atoms with E-state index in [1.54, 1.807) is 6.08 Å². The Morgan fingerprint density at radius 3 is 2.74 bits per heavy atom. The van der Waals surface area contributed by atoms with E-state index in [1.165, 1.54) is 0 Å². The van der Waals surface area contributed by atoms with Gasteiger partial charge in [0.2, 0.25) is 0 Å². The average molecular weight is 327 g/mol. The summed E-state index contributed by atoms with van der Waals surface area (Å²) in [6.07, 6.45) is 2.39. The second-order valence-electron chi connectivity index (χ2n) is 4.69. The third-order valence-corrected chi connectivity index (χ3v) is 3.25. The maximum absolute atomic E-state index is 11.3. The second-order valence-corrected chi connectivity index (χ2v) is 5.50. The molecule has 0 saturated heterocycles. The summed E-state index contributed by atoms with van der Waals surface area (Å²) in [6, 6.07) is 4.84. The standard InChI is InChI=1S/C14H19BrN2O2/c1-4-6-10(11-7-5-8-12(15)16-11)17-13(9(2)3)14(18)19/h4-5,7-10,13,17H,1,6H2,2-3H3,(H,18,19)/t10-,13-/m0/s1. The fourth-order valence-electron chi connectivity index (χ4n) is 1.82. The van der Waals surface area contributed by atoms with Crippen LogP contribution in [0.3, 0.4) is 0 Å². The Hall–Kier alpha value is -1.20. The Morgan fingerprint density at radius 2 is 2.26 bits per heavy atom. The number of aromatic nitrogens is 1. The van der Waals surface area contributed by atoms with E-state index in [4.69, 9.17) is 0 Å². The van der Waals surface area contributed by atoms with Crippen LogP contribution < -0.4 is 5.32 Å². The Kier molecular flexibility index (Phi) is 6.18. The summed E-state index contributed by atoms with van der Waals surface area (Å²) in [4.78, 5) is 15.6. The lowest BCUT2D eigenvalue weighted by molar-refractivity contribution is -0.140. The van der Waals surface area contributed by atoms with E-state index in [1.807, 2.05) is 32.0 Å². The largest absolute Gasteiger partial charge is 0.480 e. The van der Waals surface area contributed by atoms with Gasteiger partial charge in [-0.25, -0.2) is 4.98 Å². The monoisotopic (exact) mass is 326 g/mol. The molecule has 1 rings (SSSR count). The van der Waals surface area contributed by atoms with Crippen molar-refractivity contribution in [2.75, 3.05) is 0 Å². The number of carboxylic acid groups (broad SMARTS) is 1. The maximum atomic E-state index is 11.3. The van der Waals surface area contributed by atoms with Crippen LogP contribution in [-0.2, 0) is 4.79 Å². The molecule has 0 aliphatic carbocycles. The van der Waals surface area contributed by atoms with Crippen LogP contribution in [0.2, 0.25) is 0 Å². The van der Waals surface area contributed by atoms with Gasteiger partial charge in [0.15, 0.2) is 0 Å². The van der Waals surface area contributed by atoms with Gasteiger partial charge >= 0.3 is 5.97 Å². The van der Waals surface area contributed by atoms with Crippen LogP contribution in [0.4, 0.5) is 0 Å². The summed E-state index contributed by atoms with van der Waals surface area (Å²) in [6.45, 7) is 7.48. The molecule has 0 radical (unpaired) electrons. The molecule has 0 amide bonds. The van der Waals surface area contributed by atoms with Crippen molar-refractivity contribution in [1.82, 2.24) is 10.3 Å². The first-order chi connectivity index (χ1) is 8.95. The summed E-state index contributed by atoms with van der Waals surface area (Å²) >= 11 is 3.32. The van der Waals surface area contributed by atoms with Gasteiger partial charge in [0, 0.05) is 0 Å². The first-order valence-corrected chi connectivity index (χ1v) is 6.97. The highest BCUT2D eigenvalue weighted by Crippen LogP contribution is 2.19. The number of halogens is 1. The first kappa shape index (κ1) is 15.9. The molecular formula is C14H19BrN2O2.